The standard InChI is InChI=1S/C25H15F2N5O/c1-14-24(20-9-5-17(26)10-21(20)27)25-30-22(16-2-6-18(12-28)29-13-16)11-23(32(25)31-14)15-3-7-19(33)8-4-15/h2-11,13,33H,1H3. The molecule has 1 N–H and O–H groups in total. The van der Waals surface area contributed by atoms with Gasteiger partial charge in [0.25, 0.3) is 0 Å². The summed E-state index contributed by atoms with van der Waals surface area (Å²) < 4.78 is 29.9. The fraction of sp³-hybridized carbons (Fsp3) is 0.0400. The van der Waals surface area contributed by atoms with Crippen LogP contribution in [0.4, 0.5) is 8.78 Å². The summed E-state index contributed by atoms with van der Waals surface area (Å²) in [5.74, 6) is -1.27. The zero-order chi connectivity index (χ0) is 23.1. The lowest BCUT2D eigenvalue weighted by Gasteiger charge is -2.10. The van der Waals surface area contributed by atoms with E-state index in [2.05, 4.69) is 10.1 Å². The molecule has 0 spiro atoms. The van der Waals surface area contributed by atoms with Crippen LogP contribution in [0.2, 0.25) is 0 Å². The normalized spacial score (nSPS) is 11.0. The average Bonchev–Trinajstić information content (AvgIpc) is 3.15. The molecule has 0 atom stereocenters. The number of aryl methyl sites for hydroxylation is 1. The van der Waals surface area contributed by atoms with Crippen molar-refractivity contribution < 1.29 is 13.9 Å². The Bertz CT molecular complexity index is 1550. The van der Waals surface area contributed by atoms with Gasteiger partial charge in [0.15, 0.2) is 5.65 Å². The van der Waals surface area contributed by atoms with Crippen molar-refractivity contribution in [3.63, 3.8) is 0 Å². The maximum absolute atomic E-state index is 14.7. The first-order valence-corrected chi connectivity index (χ1v) is 9.96. The van der Waals surface area contributed by atoms with Gasteiger partial charge in [-0.2, -0.15) is 10.4 Å². The van der Waals surface area contributed by atoms with E-state index in [1.165, 1.54) is 12.1 Å². The maximum atomic E-state index is 14.7. The van der Waals surface area contributed by atoms with Gasteiger partial charge >= 0.3 is 0 Å². The van der Waals surface area contributed by atoms with Crippen LogP contribution in [0, 0.1) is 29.9 Å². The summed E-state index contributed by atoms with van der Waals surface area (Å²) in [6, 6.07) is 17.1. The van der Waals surface area contributed by atoms with E-state index in [-0.39, 0.29) is 17.0 Å². The van der Waals surface area contributed by atoms with Gasteiger partial charge in [-0.25, -0.2) is 23.3 Å². The molecule has 8 heteroatoms. The lowest BCUT2D eigenvalue weighted by Crippen LogP contribution is -1.99. The van der Waals surface area contributed by atoms with Gasteiger partial charge in [0.05, 0.1) is 22.6 Å². The van der Waals surface area contributed by atoms with Crippen molar-refractivity contribution in [2.24, 2.45) is 0 Å². The molecule has 0 saturated heterocycles. The van der Waals surface area contributed by atoms with E-state index in [1.807, 2.05) is 6.07 Å². The molecule has 0 aliphatic rings. The highest BCUT2D eigenvalue weighted by molar-refractivity contribution is 5.84. The summed E-state index contributed by atoms with van der Waals surface area (Å²) in [5.41, 5.74) is 4.37. The van der Waals surface area contributed by atoms with E-state index >= 15 is 0 Å². The van der Waals surface area contributed by atoms with Crippen molar-refractivity contribution in [1.29, 1.82) is 5.26 Å². The summed E-state index contributed by atoms with van der Waals surface area (Å²) in [6.45, 7) is 1.73. The summed E-state index contributed by atoms with van der Waals surface area (Å²) in [7, 11) is 0. The third-order valence-electron chi connectivity index (χ3n) is 5.30. The Morgan fingerprint density at radius 3 is 2.39 bits per heavy atom. The van der Waals surface area contributed by atoms with E-state index in [0.29, 0.717) is 33.9 Å². The van der Waals surface area contributed by atoms with Gasteiger partial charge in [0.2, 0.25) is 0 Å². The number of fused-ring (bicyclic) bond motifs is 1. The molecule has 6 nitrogen and oxygen atoms in total. The molecule has 0 unspecified atom stereocenters. The fourth-order valence-electron chi connectivity index (χ4n) is 3.73. The first-order valence-electron chi connectivity index (χ1n) is 9.96. The molecule has 3 aromatic heterocycles. The molecule has 0 aliphatic heterocycles. The van der Waals surface area contributed by atoms with Crippen molar-refractivity contribution in [3.8, 4) is 45.5 Å². The number of rotatable bonds is 3. The molecule has 0 fully saturated rings. The quantitative estimate of drug-likeness (QED) is 0.413. The number of phenols is 1. The highest BCUT2D eigenvalue weighted by atomic mass is 19.1. The second kappa shape index (κ2) is 7.80. The van der Waals surface area contributed by atoms with Crippen molar-refractivity contribution in [2.75, 3.05) is 0 Å². The molecular formula is C25H15F2N5O. The molecule has 33 heavy (non-hydrogen) atoms. The summed E-state index contributed by atoms with van der Waals surface area (Å²) in [6.07, 6.45) is 1.54. The Hall–Kier alpha value is -4.64. The monoisotopic (exact) mass is 439 g/mol. The van der Waals surface area contributed by atoms with E-state index in [1.54, 1.807) is 60.1 Å². The molecule has 0 aliphatic carbocycles. The molecule has 3 heterocycles. The van der Waals surface area contributed by atoms with Crippen molar-refractivity contribution in [2.45, 2.75) is 6.92 Å². The number of phenolic OH excluding ortho intramolecular Hbond substituents is 1. The minimum atomic E-state index is -0.716. The van der Waals surface area contributed by atoms with E-state index in [4.69, 9.17) is 10.2 Å². The maximum Gasteiger partial charge on any atom is 0.164 e. The van der Waals surface area contributed by atoms with Crippen LogP contribution in [0.25, 0.3) is 39.3 Å². The predicted molar refractivity (Wildman–Crippen MR) is 118 cm³/mol. The topological polar surface area (TPSA) is 87.1 Å². The third-order valence-corrected chi connectivity index (χ3v) is 5.30. The van der Waals surface area contributed by atoms with Crippen LogP contribution in [0.15, 0.2) is 66.9 Å². The van der Waals surface area contributed by atoms with Crippen molar-refractivity contribution in [3.05, 3.63) is 89.9 Å². The van der Waals surface area contributed by atoms with Gasteiger partial charge < -0.3 is 5.11 Å². The average molecular weight is 439 g/mol. The summed E-state index contributed by atoms with van der Waals surface area (Å²) >= 11 is 0. The van der Waals surface area contributed by atoms with Gasteiger partial charge in [-0.1, -0.05) is 0 Å². The highest BCUT2D eigenvalue weighted by Gasteiger charge is 2.21. The van der Waals surface area contributed by atoms with Crippen LogP contribution in [0.1, 0.15) is 11.4 Å². The molecule has 160 valence electrons. The number of hydrogen-bond acceptors (Lipinski definition) is 5. The van der Waals surface area contributed by atoms with E-state index in [0.717, 1.165) is 11.6 Å². The minimum absolute atomic E-state index is 0.117. The van der Waals surface area contributed by atoms with Crippen molar-refractivity contribution in [1.82, 2.24) is 19.6 Å². The Labute approximate surface area is 187 Å². The van der Waals surface area contributed by atoms with Crippen LogP contribution >= 0.6 is 0 Å². The van der Waals surface area contributed by atoms with Crippen LogP contribution < -0.4 is 0 Å². The van der Waals surface area contributed by atoms with Crippen LogP contribution in [-0.4, -0.2) is 24.7 Å². The number of aromatic hydroxyl groups is 1. The zero-order valence-corrected chi connectivity index (χ0v) is 17.3. The second-order valence-electron chi connectivity index (χ2n) is 7.44. The molecule has 5 rings (SSSR count). The number of hydrogen-bond donors (Lipinski definition) is 1. The number of halogens is 2. The number of aromatic nitrogens is 4. The Balaban J connectivity index is 1.83. The number of nitriles is 1. The van der Waals surface area contributed by atoms with Crippen LogP contribution in [0.5, 0.6) is 5.75 Å². The third kappa shape index (κ3) is 3.55. The summed E-state index contributed by atoms with van der Waals surface area (Å²) in [4.78, 5) is 8.85. The molecule has 0 radical (unpaired) electrons. The zero-order valence-electron chi connectivity index (χ0n) is 17.3. The van der Waals surface area contributed by atoms with Gasteiger partial charge in [0.1, 0.15) is 29.1 Å². The first kappa shape index (κ1) is 20.3. The molecule has 0 saturated carbocycles. The van der Waals surface area contributed by atoms with Gasteiger partial charge in [-0.05, 0) is 61.5 Å². The van der Waals surface area contributed by atoms with Gasteiger partial charge in [-0.3, -0.25) is 0 Å². The number of benzene rings is 2. The smallest absolute Gasteiger partial charge is 0.164 e. The lowest BCUT2D eigenvalue weighted by atomic mass is 10.0. The number of pyridine rings is 1. The second-order valence-corrected chi connectivity index (χ2v) is 7.44. The largest absolute Gasteiger partial charge is 0.508 e. The van der Waals surface area contributed by atoms with E-state index in [9.17, 15) is 13.9 Å². The van der Waals surface area contributed by atoms with E-state index < -0.39 is 11.6 Å². The lowest BCUT2D eigenvalue weighted by molar-refractivity contribution is 0.475. The fourth-order valence-corrected chi connectivity index (χ4v) is 3.73. The predicted octanol–water partition coefficient (Wildman–Crippen LogP) is 5.29. The Morgan fingerprint density at radius 2 is 1.73 bits per heavy atom. The molecular weight excluding hydrogens is 424 g/mol. The van der Waals surface area contributed by atoms with Crippen molar-refractivity contribution >= 4 is 5.65 Å². The molecule has 5 aromatic rings. The SMILES string of the molecule is Cc1nn2c(-c3ccc(O)cc3)cc(-c3ccc(C#N)nc3)nc2c1-c1ccc(F)cc1F. The Morgan fingerprint density at radius 1 is 0.970 bits per heavy atom. The van der Waals surface area contributed by atoms with Crippen LogP contribution in [0.3, 0.4) is 0 Å². The molecule has 2 aromatic carbocycles. The highest BCUT2D eigenvalue weighted by Crippen LogP contribution is 2.34. The number of nitrogens with zero attached hydrogens (tertiary/aromatic N) is 5. The molecule has 0 amide bonds. The minimum Gasteiger partial charge on any atom is -0.508 e. The Kier molecular flexibility index (Phi) is 4.79. The van der Waals surface area contributed by atoms with Gasteiger partial charge in [0, 0.05) is 29.0 Å². The first-order chi connectivity index (χ1) is 15.9. The molecule has 0 bridgehead atoms. The summed E-state index contributed by atoms with van der Waals surface area (Å²) in [5, 5.41) is 23.3. The van der Waals surface area contributed by atoms with Gasteiger partial charge in [-0.15, -0.1) is 0 Å². The van der Waals surface area contributed by atoms with Crippen LogP contribution in [-0.2, 0) is 0 Å².